The molecule has 3 heteroatoms. The van der Waals surface area contributed by atoms with Crippen LogP contribution in [0.25, 0.3) is 0 Å². The van der Waals surface area contributed by atoms with Gasteiger partial charge in [0.05, 0.1) is 0 Å². The van der Waals surface area contributed by atoms with Crippen LogP contribution in [0.1, 0.15) is 13.8 Å². The molecule has 0 aromatic rings. The molecule has 9 heavy (non-hydrogen) atoms. The predicted molar refractivity (Wildman–Crippen MR) is 37.7 cm³/mol. The maximum atomic E-state index is 10.1. The quantitative estimate of drug-likeness (QED) is 0.335. The number of nitrogens with one attached hydrogen (secondary N) is 1. The number of aldehydes is 1. The summed E-state index contributed by atoms with van der Waals surface area (Å²) < 4.78 is 0. The lowest BCUT2D eigenvalue weighted by molar-refractivity contribution is -0.102. The first-order chi connectivity index (χ1) is 4.35. The second-order valence-corrected chi connectivity index (χ2v) is 1.51. The molecule has 0 saturated carbocycles. The minimum absolute atomic E-state index is 0.444. The van der Waals surface area contributed by atoms with Crippen LogP contribution in [0.5, 0.6) is 0 Å². The van der Waals surface area contributed by atoms with Gasteiger partial charge in [0.2, 0.25) is 0 Å². The zero-order valence-electron chi connectivity index (χ0n) is 5.85. The van der Waals surface area contributed by atoms with Gasteiger partial charge in [-0.25, -0.2) is 0 Å². The molecule has 0 aliphatic rings. The largest absolute Gasteiger partial charge is 0.368 e. The topological polar surface area (TPSA) is 41.5 Å². The van der Waals surface area contributed by atoms with Crippen molar-refractivity contribution in [1.82, 2.24) is 5.32 Å². The average Bonchev–Trinajstić information content (AvgIpc) is 1.88. The molecule has 0 aromatic heterocycles. The summed E-state index contributed by atoms with van der Waals surface area (Å²) in [5, 5.41) is 2.82. The molecular formula is C6H12N2O. The second kappa shape index (κ2) is 5.28. The van der Waals surface area contributed by atoms with Crippen LogP contribution < -0.4 is 5.32 Å². The molecule has 0 bridgehead atoms. The monoisotopic (exact) mass is 128 g/mol. The fourth-order valence-corrected chi connectivity index (χ4v) is 0.486. The van der Waals surface area contributed by atoms with E-state index in [1.54, 1.807) is 0 Å². The van der Waals surface area contributed by atoms with E-state index in [4.69, 9.17) is 0 Å². The van der Waals surface area contributed by atoms with Gasteiger partial charge in [-0.2, -0.15) is 0 Å². The Labute approximate surface area is 55.2 Å². The van der Waals surface area contributed by atoms with Crippen molar-refractivity contribution in [1.29, 1.82) is 0 Å². The smallest absolute Gasteiger partial charge is 0.184 e. The molecule has 0 aromatic carbocycles. The Hall–Kier alpha value is -0.860. The summed E-state index contributed by atoms with van der Waals surface area (Å²) in [6, 6.07) is 0. The Bertz CT molecular complexity index is 110. The van der Waals surface area contributed by atoms with E-state index in [0.29, 0.717) is 12.4 Å². The molecule has 0 heterocycles. The van der Waals surface area contributed by atoms with Gasteiger partial charge in [0, 0.05) is 13.1 Å². The molecule has 52 valence electrons. The molecule has 0 fully saturated rings. The molecule has 0 saturated heterocycles. The summed E-state index contributed by atoms with van der Waals surface area (Å²) >= 11 is 0. The third-order valence-electron chi connectivity index (χ3n) is 0.798. The zero-order chi connectivity index (χ0) is 7.11. The molecule has 0 aliphatic carbocycles. The summed E-state index contributed by atoms with van der Waals surface area (Å²) in [6.45, 7) is 5.22. The number of carbonyl (C=O) groups is 1. The fourth-order valence-electron chi connectivity index (χ4n) is 0.486. The van der Waals surface area contributed by atoms with Crippen molar-refractivity contribution >= 4 is 12.1 Å². The summed E-state index contributed by atoms with van der Waals surface area (Å²) in [5.41, 5.74) is 0. The van der Waals surface area contributed by atoms with E-state index in [2.05, 4.69) is 10.3 Å². The van der Waals surface area contributed by atoms with E-state index in [-0.39, 0.29) is 0 Å². The number of amidine groups is 1. The zero-order valence-corrected chi connectivity index (χ0v) is 5.85. The predicted octanol–water partition coefficient (Wildman–Crippen LogP) is 0.213. The number of nitrogens with zero attached hydrogens (tertiary/aromatic N) is 1. The van der Waals surface area contributed by atoms with Crippen molar-refractivity contribution in [3.63, 3.8) is 0 Å². The summed E-state index contributed by atoms with van der Waals surface area (Å²) in [6.07, 6.45) is 0.729. The maximum Gasteiger partial charge on any atom is 0.184 e. The van der Waals surface area contributed by atoms with Gasteiger partial charge in [-0.05, 0) is 13.8 Å². The Balaban J connectivity index is 3.66. The van der Waals surface area contributed by atoms with Crippen LogP contribution in [0.4, 0.5) is 0 Å². The third kappa shape index (κ3) is 3.70. The third-order valence-corrected chi connectivity index (χ3v) is 0.798. The molecule has 0 amide bonds. The van der Waals surface area contributed by atoms with E-state index in [1.807, 2.05) is 13.8 Å². The number of hydrogen-bond acceptors (Lipinski definition) is 2. The number of hydrogen-bond donors (Lipinski definition) is 1. The van der Waals surface area contributed by atoms with Gasteiger partial charge >= 0.3 is 0 Å². The Morgan fingerprint density at radius 3 is 2.67 bits per heavy atom. The molecule has 3 nitrogen and oxygen atoms in total. The molecular weight excluding hydrogens is 116 g/mol. The van der Waals surface area contributed by atoms with Gasteiger partial charge in [-0.1, -0.05) is 0 Å². The lowest BCUT2D eigenvalue weighted by Gasteiger charge is -1.96. The number of aliphatic imine (C=N–C) groups is 1. The van der Waals surface area contributed by atoms with Crippen LogP contribution in [0.2, 0.25) is 0 Å². The van der Waals surface area contributed by atoms with Crippen molar-refractivity contribution in [3.05, 3.63) is 0 Å². The highest BCUT2D eigenvalue weighted by molar-refractivity contribution is 6.26. The molecule has 0 radical (unpaired) electrons. The van der Waals surface area contributed by atoms with Gasteiger partial charge in [0.15, 0.2) is 12.1 Å². The Morgan fingerprint density at radius 2 is 2.33 bits per heavy atom. The van der Waals surface area contributed by atoms with Crippen LogP contribution >= 0.6 is 0 Å². The van der Waals surface area contributed by atoms with Crippen molar-refractivity contribution < 1.29 is 4.79 Å². The van der Waals surface area contributed by atoms with Gasteiger partial charge in [-0.15, -0.1) is 0 Å². The highest BCUT2D eigenvalue weighted by Gasteiger charge is 1.88. The molecule has 0 spiro atoms. The Morgan fingerprint density at radius 1 is 1.67 bits per heavy atom. The van der Waals surface area contributed by atoms with E-state index in [9.17, 15) is 4.79 Å². The second-order valence-electron chi connectivity index (χ2n) is 1.51. The molecule has 0 atom stereocenters. The first-order valence-electron chi connectivity index (χ1n) is 3.08. The normalized spacial score (nSPS) is 11.1. The average molecular weight is 128 g/mol. The molecule has 1 N–H and O–H groups in total. The van der Waals surface area contributed by atoms with E-state index < -0.39 is 0 Å². The van der Waals surface area contributed by atoms with E-state index in [0.717, 1.165) is 12.8 Å². The summed E-state index contributed by atoms with van der Waals surface area (Å²) in [4.78, 5) is 14.0. The highest BCUT2D eigenvalue weighted by atomic mass is 16.1. The minimum Gasteiger partial charge on any atom is -0.368 e. The van der Waals surface area contributed by atoms with Gasteiger partial charge in [0.1, 0.15) is 0 Å². The van der Waals surface area contributed by atoms with Gasteiger partial charge < -0.3 is 5.32 Å². The number of rotatable bonds is 3. The standard InChI is InChI=1S/C6H12N2O/c1-3-7-6(5-9)8-4-2/h5H,3-4H2,1-2H3,(H,7,8). The van der Waals surface area contributed by atoms with Gasteiger partial charge in [-0.3, -0.25) is 9.79 Å². The minimum atomic E-state index is 0.444. The highest BCUT2D eigenvalue weighted by Crippen LogP contribution is 1.68. The number of carbonyl (C=O) groups excluding carboxylic acids is 1. The van der Waals surface area contributed by atoms with Crippen LogP contribution in [0.15, 0.2) is 4.99 Å². The van der Waals surface area contributed by atoms with E-state index in [1.165, 1.54) is 0 Å². The molecule has 0 aliphatic heterocycles. The summed E-state index contributed by atoms with van der Waals surface area (Å²) in [5.74, 6) is 0.444. The molecule has 0 rings (SSSR count). The fraction of sp³-hybridized carbons (Fsp3) is 0.667. The van der Waals surface area contributed by atoms with Crippen LogP contribution in [0, 0.1) is 0 Å². The lowest BCUT2D eigenvalue weighted by Crippen LogP contribution is -2.24. The SMILES string of the molecule is CCN=C(C=O)NCC. The molecule has 0 unspecified atom stereocenters. The number of likely N-dealkylation sites (N-methyl/N-ethyl adjacent to an activating group) is 1. The first-order valence-corrected chi connectivity index (χ1v) is 3.08. The first kappa shape index (κ1) is 8.14. The van der Waals surface area contributed by atoms with Crippen molar-refractivity contribution in [2.45, 2.75) is 13.8 Å². The Kier molecular flexibility index (Phi) is 4.78. The van der Waals surface area contributed by atoms with Crippen molar-refractivity contribution in [2.24, 2.45) is 4.99 Å². The van der Waals surface area contributed by atoms with Crippen molar-refractivity contribution in [3.8, 4) is 0 Å². The maximum absolute atomic E-state index is 10.1. The van der Waals surface area contributed by atoms with Crippen LogP contribution in [-0.2, 0) is 4.79 Å². The van der Waals surface area contributed by atoms with Gasteiger partial charge in [0.25, 0.3) is 0 Å². The van der Waals surface area contributed by atoms with Crippen LogP contribution in [0.3, 0.4) is 0 Å². The van der Waals surface area contributed by atoms with Crippen molar-refractivity contribution in [2.75, 3.05) is 13.1 Å². The van der Waals surface area contributed by atoms with Crippen LogP contribution in [-0.4, -0.2) is 25.2 Å². The van der Waals surface area contributed by atoms with E-state index >= 15 is 0 Å². The summed E-state index contributed by atoms with van der Waals surface area (Å²) in [7, 11) is 0. The lowest BCUT2D eigenvalue weighted by atomic mass is 10.6.